The lowest BCUT2D eigenvalue weighted by atomic mass is 10.2. The van der Waals surface area contributed by atoms with Crippen LogP contribution in [0.2, 0.25) is 0 Å². The molecule has 0 fully saturated rings. The highest BCUT2D eigenvalue weighted by Gasteiger charge is 2.09. The van der Waals surface area contributed by atoms with Crippen molar-refractivity contribution in [3.05, 3.63) is 0 Å². The first-order chi connectivity index (χ1) is 5.57. The van der Waals surface area contributed by atoms with Crippen LogP contribution in [-0.2, 0) is 4.79 Å². The molecule has 0 rings (SSSR count). The van der Waals surface area contributed by atoms with E-state index in [0.29, 0.717) is 6.42 Å². The molecule has 1 unspecified atom stereocenters. The van der Waals surface area contributed by atoms with Gasteiger partial charge in [-0.1, -0.05) is 6.92 Å². The Kier molecular flexibility index (Phi) is 5.66. The molecule has 12 heavy (non-hydrogen) atoms. The molecule has 0 heterocycles. The van der Waals surface area contributed by atoms with E-state index in [2.05, 4.69) is 11.8 Å². The topological polar surface area (TPSA) is 72.3 Å². The summed E-state index contributed by atoms with van der Waals surface area (Å²) < 4.78 is 0. The minimum atomic E-state index is -0.496. The van der Waals surface area contributed by atoms with E-state index in [4.69, 9.17) is 11.5 Å². The first kappa shape index (κ1) is 11.4. The van der Waals surface area contributed by atoms with E-state index >= 15 is 0 Å². The molecule has 72 valence electrons. The monoisotopic (exact) mass is 173 g/mol. The van der Waals surface area contributed by atoms with Gasteiger partial charge in [0.05, 0.1) is 6.04 Å². The average Bonchev–Trinajstić information content (AvgIpc) is 2.00. The predicted octanol–water partition coefficient (Wildman–Crippen LogP) is -0.469. The SMILES string of the molecule is CCCN(C)CCC(N)C(N)=O. The summed E-state index contributed by atoms with van der Waals surface area (Å²) in [4.78, 5) is 12.7. The summed E-state index contributed by atoms with van der Waals surface area (Å²) in [6.07, 6.45) is 1.76. The molecule has 0 aromatic rings. The van der Waals surface area contributed by atoms with Crippen LogP contribution in [0.4, 0.5) is 0 Å². The fourth-order valence-corrected chi connectivity index (χ4v) is 0.995. The van der Waals surface area contributed by atoms with Crippen molar-refractivity contribution in [2.45, 2.75) is 25.8 Å². The van der Waals surface area contributed by atoms with Gasteiger partial charge in [-0.05, 0) is 33.0 Å². The molecule has 0 radical (unpaired) electrons. The second-order valence-electron chi connectivity index (χ2n) is 3.10. The van der Waals surface area contributed by atoms with Gasteiger partial charge in [-0.15, -0.1) is 0 Å². The summed E-state index contributed by atoms with van der Waals surface area (Å²) >= 11 is 0. The van der Waals surface area contributed by atoms with E-state index in [9.17, 15) is 4.79 Å². The molecular formula is C8H19N3O. The van der Waals surface area contributed by atoms with E-state index < -0.39 is 11.9 Å². The second-order valence-corrected chi connectivity index (χ2v) is 3.10. The Balaban J connectivity index is 3.46. The number of hydrogen-bond acceptors (Lipinski definition) is 3. The molecular weight excluding hydrogens is 154 g/mol. The number of carbonyl (C=O) groups is 1. The number of carbonyl (C=O) groups excluding carboxylic acids is 1. The van der Waals surface area contributed by atoms with Gasteiger partial charge in [-0.3, -0.25) is 4.79 Å². The van der Waals surface area contributed by atoms with Gasteiger partial charge in [0.25, 0.3) is 0 Å². The third-order valence-corrected chi connectivity index (χ3v) is 1.79. The van der Waals surface area contributed by atoms with Crippen molar-refractivity contribution in [3.8, 4) is 0 Å². The molecule has 1 amide bonds. The number of nitrogens with two attached hydrogens (primary N) is 2. The minimum absolute atomic E-state index is 0.417. The Bertz CT molecular complexity index is 138. The third-order valence-electron chi connectivity index (χ3n) is 1.79. The van der Waals surface area contributed by atoms with Gasteiger partial charge in [-0.2, -0.15) is 0 Å². The summed E-state index contributed by atoms with van der Waals surface area (Å²) in [5.74, 6) is -0.417. The molecule has 0 saturated heterocycles. The number of primary amides is 1. The van der Waals surface area contributed by atoms with Crippen LogP contribution in [-0.4, -0.2) is 37.0 Å². The third kappa shape index (κ3) is 5.09. The molecule has 0 aliphatic rings. The highest BCUT2D eigenvalue weighted by atomic mass is 16.1. The van der Waals surface area contributed by atoms with Crippen molar-refractivity contribution in [3.63, 3.8) is 0 Å². The van der Waals surface area contributed by atoms with Gasteiger partial charge in [0.1, 0.15) is 0 Å². The van der Waals surface area contributed by atoms with Crippen LogP contribution < -0.4 is 11.5 Å². The first-order valence-corrected chi connectivity index (χ1v) is 4.31. The summed E-state index contributed by atoms with van der Waals surface area (Å²) in [7, 11) is 2.01. The molecule has 0 bridgehead atoms. The molecule has 4 N–H and O–H groups in total. The highest BCUT2D eigenvalue weighted by Crippen LogP contribution is 1.92. The highest BCUT2D eigenvalue weighted by molar-refractivity contribution is 5.79. The lowest BCUT2D eigenvalue weighted by Crippen LogP contribution is -2.39. The van der Waals surface area contributed by atoms with Gasteiger partial charge in [0.2, 0.25) is 5.91 Å². The first-order valence-electron chi connectivity index (χ1n) is 4.31. The average molecular weight is 173 g/mol. The fraction of sp³-hybridized carbons (Fsp3) is 0.875. The summed E-state index contributed by atoms with van der Waals surface area (Å²) in [6, 6.07) is -0.496. The summed E-state index contributed by atoms with van der Waals surface area (Å²) in [6.45, 7) is 3.98. The quantitative estimate of drug-likeness (QED) is 0.570. The predicted molar refractivity (Wildman–Crippen MR) is 49.6 cm³/mol. The Labute approximate surface area is 73.9 Å². The molecule has 1 atom stereocenters. The summed E-state index contributed by atoms with van der Waals surface area (Å²) in [5, 5.41) is 0. The van der Waals surface area contributed by atoms with Crippen LogP contribution in [0, 0.1) is 0 Å². The molecule has 0 aliphatic carbocycles. The van der Waals surface area contributed by atoms with Crippen molar-refractivity contribution in [1.29, 1.82) is 0 Å². The van der Waals surface area contributed by atoms with Crippen LogP contribution in [0.1, 0.15) is 19.8 Å². The molecule has 4 heteroatoms. The Morgan fingerprint density at radius 3 is 2.50 bits per heavy atom. The maximum atomic E-state index is 10.5. The van der Waals surface area contributed by atoms with Gasteiger partial charge < -0.3 is 16.4 Å². The van der Waals surface area contributed by atoms with E-state index in [0.717, 1.165) is 19.5 Å². The van der Waals surface area contributed by atoms with Crippen molar-refractivity contribution in [1.82, 2.24) is 4.90 Å². The second kappa shape index (κ2) is 5.97. The standard InChI is InChI=1S/C8H19N3O/c1-3-5-11(2)6-4-7(9)8(10)12/h7H,3-6,9H2,1-2H3,(H2,10,12). The number of rotatable bonds is 6. The minimum Gasteiger partial charge on any atom is -0.368 e. The van der Waals surface area contributed by atoms with Crippen molar-refractivity contribution in [2.75, 3.05) is 20.1 Å². The Hall–Kier alpha value is -0.610. The van der Waals surface area contributed by atoms with E-state index in [-0.39, 0.29) is 0 Å². The zero-order chi connectivity index (χ0) is 9.56. The van der Waals surface area contributed by atoms with E-state index in [1.807, 2.05) is 7.05 Å². The molecule has 0 spiro atoms. The van der Waals surface area contributed by atoms with Crippen LogP contribution in [0.25, 0.3) is 0 Å². The largest absolute Gasteiger partial charge is 0.368 e. The molecule has 4 nitrogen and oxygen atoms in total. The Morgan fingerprint density at radius 2 is 2.08 bits per heavy atom. The van der Waals surface area contributed by atoms with Crippen molar-refractivity contribution < 1.29 is 4.79 Å². The number of amides is 1. The van der Waals surface area contributed by atoms with Gasteiger partial charge in [0.15, 0.2) is 0 Å². The maximum absolute atomic E-state index is 10.5. The maximum Gasteiger partial charge on any atom is 0.234 e. The molecule has 0 saturated carbocycles. The van der Waals surface area contributed by atoms with Crippen LogP contribution in [0.3, 0.4) is 0 Å². The Morgan fingerprint density at radius 1 is 1.50 bits per heavy atom. The zero-order valence-electron chi connectivity index (χ0n) is 7.92. The molecule has 0 aromatic heterocycles. The van der Waals surface area contributed by atoms with Crippen LogP contribution in [0.15, 0.2) is 0 Å². The molecule has 0 aliphatic heterocycles. The number of hydrogen-bond donors (Lipinski definition) is 2. The van der Waals surface area contributed by atoms with E-state index in [1.165, 1.54) is 0 Å². The van der Waals surface area contributed by atoms with Crippen LogP contribution >= 0.6 is 0 Å². The van der Waals surface area contributed by atoms with E-state index in [1.54, 1.807) is 0 Å². The normalized spacial score (nSPS) is 13.3. The fourth-order valence-electron chi connectivity index (χ4n) is 0.995. The van der Waals surface area contributed by atoms with Gasteiger partial charge in [0, 0.05) is 0 Å². The van der Waals surface area contributed by atoms with Crippen molar-refractivity contribution >= 4 is 5.91 Å². The lowest BCUT2D eigenvalue weighted by Gasteiger charge is -2.16. The molecule has 0 aromatic carbocycles. The van der Waals surface area contributed by atoms with Gasteiger partial charge in [-0.25, -0.2) is 0 Å². The number of nitrogens with zero attached hydrogens (tertiary/aromatic N) is 1. The summed E-state index contributed by atoms with van der Waals surface area (Å²) in [5.41, 5.74) is 10.5. The zero-order valence-corrected chi connectivity index (χ0v) is 7.92. The van der Waals surface area contributed by atoms with Crippen LogP contribution in [0.5, 0.6) is 0 Å². The smallest absolute Gasteiger partial charge is 0.234 e. The van der Waals surface area contributed by atoms with Gasteiger partial charge >= 0.3 is 0 Å². The lowest BCUT2D eigenvalue weighted by molar-refractivity contribution is -0.119. The van der Waals surface area contributed by atoms with Crippen molar-refractivity contribution in [2.24, 2.45) is 11.5 Å².